The lowest BCUT2D eigenvalue weighted by Gasteiger charge is -2.15. The summed E-state index contributed by atoms with van der Waals surface area (Å²) in [4.78, 5) is 11.7. The first-order valence-electron chi connectivity index (χ1n) is 5.46. The summed E-state index contributed by atoms with van der Waals surface area (Å²) in [6.45, 7) is 7.78. The van der Waals surface area contributed by atoms with E-state index in [1.54, 1.807) is 7.11 Å². The molecule has 0 spiro atoms. The molecule has 0 aromatic carbocycles. The van der Waals surface area contributed by atoms with Crippen LogP contribution in [0.1, 0.15) is 40.5 Å². The quantitative estimate of drug-likeness (QED) is 0.387. The van der Waals surface area contributed by atoms with E-state index in [4.69, 9.17) is 9.47 Å². The number of ether oxygens (including phenoxy) is 2. The Morgan fingerprint density at radius 1 is 1.33 bits per heavy atom. The van der Waals surface area contributed by atoms with Crippen molar-refractivity contribution in [1.82, 2.24) is 0 Å². The van der Waals surface area contributed by atoms with Gasteiger partial charge in [0.05, 0.1) is 25.0 Å². The van der Waals surface area contributed by atoms with Gasteiger partial charge < -0.3 is 9.47 Å². The molecule has 15 heavy (non-hydrogen) atoms. The van der Waals surface area contributed by atoms with Crippen LogP contribution in [0.25, 0.3) is 0 Å². The predicted octanol–water partition coefficient (Wildman–Crippen LogP) is 2.90. The van der Waals surface area contributed by atoms with Crippen LogP contribution in [0.2, 0.25) is 0 Å². The SMILES string of the molecule is CCCC(C)C(=COC)C(=O)OC(C)C. The Morgan fingerprint density at radius 2 is 1.93 bits per heavy atom. The fourth-order valence-corrected chi connectivity index (χ4v) is 1.36. The zero-order valence-electron chi connectivity index (χ0n) is 10.4. The normalized spacial score (nSPS) is 13.9. The van der Waals surface area contributed by atoms with Crippen molar-refractivity contribution in [3.8, 4) is 0 Å². The predicted molar refractivity (Wildman–Crippen MR) is 60.4 cm³/mol. The van der Waals surface area contributed by atoms with E-state index >= 15 is 0 Å². The minimum absolute atomic E-state index is 0.0911. The molecule has 0 saturated carbocycles. The second-order valence-corrected chi connectivity index (χ2v) is 3.95. The van der Waals surface area contributed by atoms with E-state index in [1.807, 2.05) is 20.8 Å². The highest BCUT2D eigenvalue weighted by molar-refractivity contribution is 5.88. The number of hydrogen-bond acceptors (Lipinski definition) is 3. The van der Waals surface area contributed by atoms with Crippen LogP contribution in [0.4, 0.5) is 0 Å². The number of hydrogen-bond donors (Lipinski definition) is 0. The van der Waals surface area contributed by atoms with Crippen LogP contribution in [-0.4, -0.2) is 19.2 Å². The van der Waals surface area contributed by atoms with Crippen LogP contribution >= 0.6 is 0 Å². The van der Waals surface area contributed by atoms with Gasteiger partial charge >= 0.3 is 5.97 Å². The van der Waals surface area contributed by atoms with Crippen molar-refractivity contribution >= 4 is 5.97 Å². The molecule has 0 rings (SSSR count). The summed E-state index contributed by atoms with van der Waals surface area (Å²) in [6, 6.07) is 0. The van der Waals surface area contributed by atoms with Crippen LogP contribution in [0.5, 0.6) is 0 Å². The first kappa shape index (κ1) is 14.0. The largest absolute Gasteiger partial charge is 0.504 e. The number of carbonyl (C=O) groups is 1. The standard InChI is InChI=1S/C12H22O3/c1-6-7-10(4)11(8-14-5)12(13)15-9(2)3/h8-10H,6-7H2,1-5H3. The smallest absolute Gasteiger partial charge is 0.337 e. The van der Waals surface area contributed by atoms with Gasteiger partial charge in [0, 0.05) is 0 Å². The highest BCUT2D eigenvalue weighted by Gasteiger charge is 2.19. The molecule has 0 saturated heterocycles. The van der Waals surface area contributed by atoms with E-state index in [1.165, 1.54) is 6.26 Å². The van der Waals surface area contributed by atoms with E-state index in [9.17, 15) is 4.79 Å². The maximum Gasteiger partial charge on any atom is 0.337 e. The van der Waals surface area contributed by atoms with Crippen molar-refractivity contribution in [3.63, 3.8) is 0 Å². The number of rotatable bonds is 6. The maximum atomic E-state index is 11.7. The van der Waals surface area contributed by atoms with Crippen LogP contribution < -0.4 is 0 Å². The highest BCUT2D eigenvalue weighted by Crippen LogP contribution is 2.18. The Hall–Kier alpha value is -0.990. The van der Waals surface area contributed by atoms with Crippen molar-refractivity contribution in [2.45, 2.75) is 46.6 Å². The molecule has 0 heterocycles. The molecule has 1 unspecified atom stereocenters. The Balaban J connectivity index is 4.52. The number of esters is 1. The van der Waals surface area contributed by atoms with Gasteiger partial charge in [-0.2, -0.15) is 0 Å². The number of carbonyl (C=O) groups excluding carboxylic acids is 1. The molecule has 3 nitrogen and oxygen atoms in total. The van der Waals surface area contributed by atoms with E-state index in [0.29, 0.717) is 5.57 Å². The van der Waals surface area contributed by atoms with Gasteiger partial charge in [-0.15, -0.1) is 0 Å². The lowest BCUT2D eigenvalue weighted by atomic mass is 9.97. The van der Waals surface area contributed by atoms with E-state index in [-0.39, 0.29) is 18.0 Å². The Kier molecular flexibility index (Phi) is 6.84. The zero-order valence-corrected chi connectivity index (χ0v) is 10.4. The lowest BCUT2D eigenvalue weighted by Crippen LogP contribution is -2.18. The summed E-state index contributed by atoms with van der Waals surface area (Å²) in [6.07, 6.45) is 3.40. The minimum atomic E-state index is -0.271. The third kappa shape index (κ3) is 5.45. The monoisotopic (exact) mass is 214 g/mol. The van der Waals surface area contributed by atoms with Crippen molar-refractivity contribution < 1.29 is 14.3 Å². The fourth-order valence-electron chi connectivity index (χ4n) is 1.36. The van der Waals surface area contributed by atoms with Crippen LogP contribution in [-0.2, 0) is 14.3 Å². The fraction of sp³-hybridized carbons (Fsp3) is 0.750. The molecule has 0 N–H and O–H groups in total. The van der Waals surface area contributed by atoms with Gasteiger partial charge in [-0.25, -0.2) is 4.79 Å². The average molecular weight is 214 g/mol. The highest BCUT2D eigenvalue weighted by atomic mass is 16.5. The van der Waals surface area contributed by atoms with Gasteiger partial charge in [-0.3, -0.25) is 0 Å². The van der Waals surface area contributed by atoms with Crippen LogP contribution in [0, 0.1) is 5.92 Å². The molecule has 0 bridgehead atoms. The topological polar surface area (TPSA) is 35.5 Å². The minimum Gasteiger partial charge on any atom is -0.504 e. The summed E-state index contributed by atoms with van der Waals surface area (Å²) < 4.78 is 10.1. The maximum absolute atomic E-state index is 11.7. The molecule has 0 amide bonds. The summed E-state index contributed by atoms with van der Waals surface area (Å²) in [5.41, 5.74) is 0.619. The third-order valence-corrected chi connectivity index (χ3v) is 2.08. The average Bonchev–Trinajstić information content (AvgIpc) is 2.13. The first-order valence-corrected chi connectivity index (χ1v) is 5.46. The van der Waals surface area contributed by atoms with Crippen LogP contribution in [0.15, 0.2) is 11.8 Å². The van der Waals surface area contributed by atoms with E-state index in [2.05, 4.69) is 6.92 Å². The molecular weight excluding hydrogens is 192 g/mol. The van der Waals surface area contributed by atoms with Crippen LogP contribution in [0.3, 0.4) is 0 Å². The van der Waals surface area contributed by atoms with Gasteiger partial charge in [-0.05, 0) is 26.2 Å². The molecule has 0 aromatic heterocycles. The summed E-state index contributed by atoms with van der Waals surface area (Å²) in [5, 5.41) is 0. The third-order valence-electron chi connectivity index (χ3n) is 2.08. The number of methoxy groups -OCH3 is 1. The molecule has 0 aliphatic heterocycles. The van der Waals surface area contributed by atoms with Gasteiger partial charge in [0.2, 0.25) is 0 Å². The van der Waals surface area contributed by atoms with Gasteiger partial charge in [0.15, 0.2) is 0 Å². The summed E-state index contributed by atoms with van der Waals surface area (Å²) in [5.74, 6) is -0.0889. The van der Waals surface area contributed by atoms with E-state index < -0.39 is 0 Å². The second-order valence-electron chi connectivity index (χ2n) is 3.95. The first-order chi connectivity index (χ1) is 7.02. The van der Waals surface area contributed by atoms with E-state index in [0.717, 1.165) is 12.8 Å². The molecular formula is C12H22O3. The molecule has 0 aromatic rings. The van der Waals surface area contributed by atoms with Crippen molar-refractivity contribution in [3.05, 3.63) is 11.8 Å². The molecule has 0 radical (unpaired) electrons. The molecule has 88 valence electrons. The molecule has 0 fully saturated rings. The second kappa shape index (κ2) is 7.32. The zero-order chi connectivity index (χ0) is 11.8. The summed E-state index contributed by atoms with van der Waals surface area (Å²) >= 11 is 0. The van der Waals surface area contributed by atoms with Crippen molar-refractivity contribution in [2.75, 3.05) is 7.11 Å². The van der Waals surface area contributed by atoms with Crippen molar-refractivity contribution in [2.24, 2.45) is 5.92 Å². The van der Waals surface area contributed by atoms with Crippen molar-refractivity contribution in [1.29, 1.82) is 0 Å². The summed E-state index contributed by atoms with van der Waals surface area (Å²) in [7, 11) is 1.54. The van der Waals surface area contributed by atoms with Gasteiger partial charge in [-0.1, -0.05) is 20.3 Å². The Labute approximate surface area is 92.5 Å². The molecule has 3 heteroatoms. The molecule has 0 aliphatic rings. The van der Waals surface area contributed by atoms with Gasteiger partial charge in [0.1, 0.15) is 0 Å². The molecule has 0 aliphatic carbocycles. The lowest BCUT2D eigenvalue weighted by molar-refractivity contribution is -0.143. The Bertz CT molecular complexity index is 219. The Morgan fingerprint density at radius 3 is 2.33 bits per heavy atom. The van der Waals surface area contributed by atoms with Gasteiger partial charge in [0.25, 0.3) is 0 Å². The molecule has 1 atom stereocenters.